The molecule has 1 heterocycles. The molecule has 0 spiro atoms. The molecule has 2 aromatic carbocycles. The number of nitrogens with zero attached hydrogens (tertiary/aromatic N) is 2. The molecule has 7 heteroatoms. The highest BCUT2D eigenvalue weighted by atomic mass is 16.2. The van der Waals surface area contributed by atoms with Crippen LogP contribution in [-0.4, -0.2) is 42.1 Å². The smallest absolute Gasteiger partial charge is 0.254 e. The third-order valence-corrected chi connectivity index (χ3v) is 4.90. The third-order valence-electron chi connectivity index (χ3n) is 4.90. The van der Waals surface area contributed by atoms with Gasteiger partial charge in [-0.2, -0.15) is 0 Å². The van der Waals surface area contributed by atoms with Crippen molar-refractivity contribution < 1.29 is 19.2 Å². The highest BCUT2D eigenvalue weighted by Crippen LogP contribution is 2.23. The number of nitrogens with one attached hydrogen (secondary N) is 1. The summed E-state index contributed by atoms with van der Waals surface area (Å²) < 4.78 is 0. The molecule has 3 rings (SSSR count). The fourth-order valence-corrected chi connectivity index (χ4v) is 3.32. The van der Waals surface area contributed by atoms with E-state index in [1.54, 1.807) is 31.3 Å². The summed E-state index contributed by atoms with van der Waals surface area (Å²) >= 11 is 0. The number of amides is 4. The van der Waals surface area contributed by atoms with E-state index in [4.69, 9.17) is 0 Å². The Morgan fingerprint density at radius 1 is 0.966 bits per heavy atom. The summed E-state index contributed by atoms with van der Waals surface area (Å²) in [4.78, 5) is 51.1. The summed E-state index contributed by atoms with van der Waals surface area (Å²) in [5.41, 5.74) is 3.48. The van der Waals surface area contributed by atoms with Crippen LogP contribution in [0.15, 0.2) is 42.5 Å². The zero-order valence-corrected chi connectivity index (χ0v) is 16.7. The molecule has 1 aliphatic heterocycles. The van der Waals surface area contributed by atoms with Gasteiger partial charge in [0.15, 0.2) is 0 Å². The molecule has 1 saturated heterocycles. The minimum absolute atomic E-state index is 0.0997. The molecule has 1 fully saturated rings. The molecule has 0 unspecified atom stereocenters. The normalized spacial score (nSPS) is 13.6. The molecule has 0 radical (unpaired) electrons. The highest BCUT2D eigenvalue weighted by molar-refractivity contribution is 6.19. The van der Waals surface area contributed by atoms with Crippen molar-refractivity contribution in [3.8, 4) is 0 Å². The fraction of sp³-hybridized carbons (Fsp3) is 0.273. The second-order valence-corrected chi connectivity index (χ2v) is 7.15. The van der Waals surface area contributed by atoms with Gasteiger partial charge in [-0.25, -0.2) is 0 Å². The highest BCUT2D eigenvalue weighted by Gasteiger charge is 2.30. The molecule has 7 nitrogen and oxygen atoms in total. The van der Waals surface area contributed by atoms with Crippen LogP contribution in [0.4, 0.5) is 11.4 Å². The number of aryl methyl sites for hydroxylation is 2. The van der Waals surface area contributed by atoms with E-state index in [2.05, 4.69) is 5.32 Å². The van der Waals surface area contributed by atoms with E-state index in [0.29, 0.717) is 11.3 Å². The van der Waals surface area contributed by atoms with Crippen molar-refractivity contribution in [2.45, 2.75) is 26.7 Å². The number of carbonyl (C=O) groups excluding carboxylic acids is 4. The molecule has 2 aromatic rings. The summed E-state index contributed by atoms with van der Waals surface area (Å²) in [6, 6.07) is 12.0. The number of anilines is 2. The first-order chi connectivity index (χ1) is 13.8. The summed E-state index contributed by atoms with van der Waals surface area (Å²) in [5.74, 6) is -1.10. The third kappa shape index (κ3) is 4.34. The van der Waals surface area contributed by atoms with E-state index in [1.807, 2.05) is 32.0 Å². The van der Waals surface area contributed by atoms with Crippen molar-refractivity contribution >= 4 is 35.0 Å². The van der Waals surface area contributed by atoms with Crippen LogP contribution in [-0.2, 0) is 14.4 Å². The number of rotatable bonds is 5. The van der Waals surface area contributed by atoms with Crippen molar-refractivity contribution in [3.63, 3.8) is 0 Å². The number of carbonyl (C=O) groups is 4. The first-order valence-corrected chi connectivity index (χ1v) is 9.35. The molecule has 0 aromatic heterocycles. The van der Waals surface area contributed by atoms with Crippen molar-refractivity contribution in [2.75, 3.05) is 23.8 Å². The quantitative estimate of drug-likeness (QED) is 0.792. The molecular weight excluding hydrogens is 370 g/mol. The van der Waals surface area contributed by atoms with Gasteiger partial charge in [-0.05, 0) is 49.2 Å². The van der Waals surface area contributed by atoms with E-state index in [1.165, 1.54) is 4.90 Å². The van der Waals surface area contributed by atoms with Crippen LogP contribution in [0, 0.1) is 13.8 Å². The minimum Gasteiger partial charge on any atom is -0.332 e. The Bertz CT molecular complexity index is 946. The second-order valence-electron chi connectivity index (χ2n) is 7.15. The number of hydrogen-bond acceptors (Lipinski definition) is 4. The maximum atomic E-state index is 12.6. The number of hydrogen-bond donors (Lipinski definition) is 1. The summed E-state index contributed by atoms with van der Waals surface area (Å²) in [5, 5.41) is 2.86. The predicted octanol–water partition coefficient (Wildman–Crippen LogP) is 2.67. The first kappa shape index (κ1) is 20.3. The maximum absolute atomic E-state index is 12.6. The summed E-state index contributed by atoms with van der Waals surface area (Å²) in [6.45, 7) is 3.72. The molecule has 1 N–H and O–H groups in total. The van der Waals surface area contributed by atoms with Crippen LogP contribution in [0.5, 0.6) is 0 Å². The van der Waals surface area contributed by atoms with Gasteiger partial charge in [0.2, 0.25) is 17.7 Å². The molecule has 4 amide bonds. The van der Waals surface area contributed by atoms with Gasteiger partial charge in [0.1, 0.15) is 0 Å². The van der Waals surface area contributed by atoms with Gasteiger partial charge >= 0.3 is 0 Å². The molecule has 150 valence electrons. The van der Waals surface area contributed by atoms with Crippen molar-refractivity contribution in [1.29, 1.82) is 0 Å². The Morgan fingerprint density at radius 3 is 2.07 bits per heavy atom. The number of para-hydroxylation sites is 1. The van der Waals surface area contributed by atoms with Crippen LogP contribution in [0.2, 0.25) is 0 Å². The van der Waals surface area contributed by atoms with Crippen molar-refractivity contribution in [3.05, 3.63) is 59.2 Å². The average Bonchev–Trinajstić information content (AvgIpc) is 3.02. The number of likely N-dealkylation sites (N-methyl/N-ethyl adjacent to an activating group) is 1. The lowest BCUT2D eigenvalue weighted by Crippen LogP contribution is -2.35. The Morgan fingerprint density at radius 2 is 1.52 bits per heavy atom. The largest absolute Gasteiger partial charge is 0.332 e. The molecule has 1 aliphatic rings. The predicted molar refractivity (Wildman–Crippen MR) is 110 cm³/mol. The fourth-order valence-electron chi connectivity index (χ4n) is 3.32. The molecule has 29 heavy (non-hydrogen) atoms. The summed E-state index contributed by atoms with van der Waals surface area (Å²) in [6.07, 6.45) is 0.412. The van der Waals surface area contributed by atoms with Gasteiger partial charge in [0.05, 0.1) is 12.2 Å². The van der Waals surface area contributed by atoms with Crippen LogP contribution >= 0.6 is 0 Å². The van der Waals surface area contributed by atoms with E-state index >= 15 is 0 Å². The van der Waals surface area contributed by atoms with Crippen molar-refractivity contribution in [2.24, 2.45) is 0 Å². The van der Waals surface area contributed by atoms with E-state index in [9.17, 15) is 19.2 Å². The monoisotopic (exact) mass is 393 g/mol. The van der Waals surface area contributed by atoms with Crippen LogP contribution < -0.4 is 10.2 Å². The molecule has 0 bridgehead atoms. The van der Waals surface area contributed by atoms with E-state index in [-0.39, 0.29) is 43.0 Å². The van der Waals surface area contributed by atoms with Crippen LogP contribution in [0.25, 0.3) is 0 Å². The SMILES string of the molecule is Cc1cccc(C)c1NC(=O)CN(C)C(=O)c1ccc(N2C(=O)CCC2=O)cc1. The number of imide groups is 1. The van der Waals surface area contributed by atoms with Gasteiger partial charge in [-0.15, -0.1) is 0 Å². The van der Waals surface area contributed by atoms with Gasteiger partial charge in [0, 0.05) is 31.1 Å². The van der Waals surface area contributed by atoms with Crippen LogP contribution in [0.3, 0.4) is 0 Å². The van der Waals surface area contributed by atoms with Crippen LogP contribution in [0.1, 0.15) is 34.3 Å². The summed E-state index contributed by atoms with van der Waals surface area (Å²) in [7, 11) is 1.55. The first-order valence-electron chi connectivity index (χ1n) is 9.35. The average molecular weight is 393 g/mol. The van der Waals surface area contributed by atoms with Crippen molar-refractivity contribution in [1.82, 2.24) is 4.90 Å². The Kier molecular flexibility index (Phi) is 5.77. The lowest BCUT2D eigenvalue weighted by molar-refractivity contribution is -0.121. The van der Waals surface area contributed by atoms with E-state index < -0.39 is 0 Å². The topological polar surface area (TPSA) is 86.8 Å². The lowest BCUT2D eigenvalue weighted by atomic mass is 10.1. The van der Waals surface area contributed by atoms with E-state index in [0.717, 1.165) is 21.7 Å². The molecular formula is C22H23N3O4. The molecule has 0 aliphatic carbocycles. The number of benzene rings is 2. The second kappa shape index (κ2) is 8.26. The molecule has 0 atom stereocenters. The van der Waals surface area contributed by atoms with Gasteiger partial charge < -0.3 is 10.2 Å². The zero-order valence-electron chi connectivity index (χ0n) is 16.7. The van der Waals surface area contributed by atoms with Gasteiger partial charge in [-0.3, -0.25) is 24.1 Å². The van der Waals surface area contributed by atoms with Gasteiger partial charge in [-0.1, -0.05) is 18.2 Å². The Hall–Kier alpha value is -3.48. The maximum Gasteiger partial charge on any atom is 0.254 e. The minimum atomic E-state index is -0.327. The standard InChI is InChI=1S/C22H23N3O4/c1-14-5-4-6-15(2)21(14)23-18(26)13-24(3)22(29)16-7-9-17(10-8-16)25-19(27)11-12-20(25)28/h4-10H,11-13H2,1-3H3,(H,23,26). The Labute approximate surface area is 169 Å². The van der Waals surface area contributed by atoms with Gasteiger partial charge in [0.25, 0.3) is 5.91 Å². The Balaban J connectivity index is 1.64. The zero-order chi connectivity index (χ0) is 21.1. The molecule has 0 saturated carbocycles. The lowest BCUT2D eigenvalue weighted by Gasteiger charge is -2.19.